The fourth-order valence-corrected chi connectivity index (χ4v) is 2.62. The number of ether oxygens (including phenoxy) is 2. The van der Waals surface area contributed by atoms with Crippen molar-refractivity contribution >= 4 is 5.91 Å². The fourth-order valence-electron chi connectivity index (χ4n) is 2.62. The molecule has 1 heterocycles. The Kier molecular flexibility index (Phi) is 6.07. The van der Waals surface area contributed by atoms with Crippen molar-refractivity contribution in [3.63, 3.8) is 0 Å². The highest BCUT2D eigenvalue weighted by atomic mass is 16.5. The van der Waals surface area contributed by atoms with Crippen LogP contribution in [-0.2, 0) is 0 Å². The second-order valence-corrected chi connectivity index (χ2v) is 5.72. The summed E-state index contributed by atoms with van der Waals surface area (Å²) in [5, 5.41) is 0. The summed E-state index contributed by atoms with van der Waals surface area (Å²) in [5.41, 5.74) is 6.57. The van der Waals surface area contributed by atoms with Crippen LogP contribution < -0.4 is 15.2 Å². The Bertz CT molecular complexity index is 505. The van der Waals surface area contributed by atoms with Crippen LogP contribution in [-0.4, -0.2) is 43.7 Å². The molecule has 22 heavy (non-hydrogen) atoms. The number of amides is 1. The normalized spacial score (nSPS) is 18.1. The van der Waals surface area contributed by atoms with Crippen molar-refractivity contribution in [2.45, 2.75) is 38.6 Å². The van der Waals surface area contributed by atoms with E-state index in [2.05, 4.69) is 6.92 Å². The molecule has 0 saturated carbocycles. The van der Waals surface area contributed by atoms with E-state index in [0.717, 1.165) is 32.2 Å². The summed E-state index contributed by atoms with van der Waals surface area (Å²) in [7, 11) is 1.59. The number of piperidine rings is 1. The quantitative estimate of drug-likeness (QED) is 0.820. The Morgan fingerprint density at radius 2 is 2.23 bits per heavy atom. The van der Waals surface area contributed by atoms with Gasteiger partial charge in [0, 0.05) is 24.7 Å². The summed E-state index contributed by atoms with van der Waals surface area (Å²) in [6, 6.07) is 5.44. The molecule has 2 rings (SSSR count). The highest BCUT2D eigenvalue weighted by Crippen LogP contribution is 2.29. The third-order valence-corrected chi connectivity index (χ3v) is 3.91. The molecule has 2 N–H and O–H groups in total. The highest BCUT2D eigenvalue weighted by molar-refractivity contribution is 5.95. The van der Waals surface area contributed by atoms with Gasteiger partial charge in [0.1, 0.15) is 0 Å². The Morgan fingerprint density at radius 1 is 1.41 bits per heavy atom. The van der Waals surface area contributed by atoms with Gasteiger partial charge < -0.3 is 20.1 Å². The van der Waals surface area contributed by atoms with E-state index >= 15 is 0 Å². The number of carbonyl (C=O) groups excluding carboxylic acids is 1. The number of unbranched alkanes of at least 4 members (excludes halogenated alkanes) is 1. The maximum absolute atomic E-state index is 12.6. The molecule has 1 aliphatic rings. The zero-order valence-electron chi connectivity index (χ0n) is 13.5. The molecule has 0 bridgehead atoms. The number of methoxy groups -OCH3 is 1. The van der Waals surface area contributed by atoms with E-state index in [9.17, 15) is 4.79 Å². The molecule has 1 atom stereocenters. The standard InChI is InChI=1S/C17H26N2O3/c1-3-4-10-22-15-8-7-13(11-16(15)21-2)17(20)19-9-5-6-14(18)12-19/h7-8,11,14H,3-6,9-10,12,18H2,1-2H3. The summed E-state index contributed by atoms with van der Waals surface area (Å²) < 4.78 is 11.1. The number of nitrogens with two attached hydrogens (primary N) is 1. The molecule has 1 unspecified atom stereocenters. The van der Waals surface area contributed by atoms with E-state index in [1.165, 1.54) is 0 Å². The summed E-state index contributed by atoms with van der Waals surface area (Å²) in [6.45, 7) is 4.16. The van der Waals surface area contributed by atoms with Gasteiger partial charge in [0.15, 0.2) is 11.5 Å². The molecular weight excluding hydrogens is 280 g/mol. The van der Waals surface area contributed by atoms with E-state index in [0.29, 0.717) is 30.2 Å². The van der Waals surface area contributed by atoms with Crippen LogP contribution in [0.2, 0.25) is 0 Å². The molecule has 1 aromatic carbocycles. The number of nitrogens with zero attached hydrogens (tertiary/aromatic N) is 1. The van der Waals surface area contributed by atoms with Crippen LogP contribution in [0.15, 0.2) is 18.2 Å². The molecule has 0 radical (unpaired) electrons. The topological polar surface area (TPSA) is 64.8 Å². The highest BCUT2D eigenvalue weighted by Gasteiger charge is 2.23. The first-order valence-corrected chi connectivity index (χ1v) is 8.01. The van der Waals surface area contributed by atoms with E-state index < -0.39 is 0 Å². The molecule has 1 amide bonds. The Morgan fingerprint density at radius 3 is 2.91 bits per heavy atom. The van der Waals surface area contributed by atoms with Crippen molar-refractivity contribution in [2.24, 2.45) is 5.73 Å². The molecule has 1 aliphatic heterocycles. The molecule has 0 aromatic heterocycles. The van der Waals surface area contributed by atoms with Gasteiger partial charge in [-0.15, -0.1) is 0 Å². The molecular formula is C17H26N2O3. The van der Waals surface area contributed by atoms with Crippen molar-refractivity contribution < 1.29 is 14.3 Å². The zero-order valence-corrected chi connectivity index (χ0v) is 13.5. The van der Waals surface area contributed by atoms with Crippen molar-refractivity contribution in [1.82, 2.24) is 4.90 Å². The number of rotatable bonds is 6. The maximum Gasteiger partial charge on any atom is 0.254 e. The predicted molar refractivity (Wildman–Crippen MR) is 86.5 cm³/mol. The lowest BCUT2D eigenvalue weighted by molar-refractivity contribution is 0.0708. The van der Waals surface area contributed by atoms with E-state index in [1.807, 2.05) is 11.0 Å². The van der Waals surface area contributed by atoms with Crippen LogP contribution in [0.25, 0.3) is 0 Å². The van der Waals surface area contributed by atoms with Gasteiger partial charge >= 0.3 is 0 Å². The minimum absolute atomic E-state index is 0.00792. The third kappa shape index (κ3) is 4.13. The van der Waals surface area contributed by atoms with Crippen LogP contribution in [0.4, 0.5) is 0 Å². The smallest absolute Gasteiger partial charge is 0.254 e. The van der Waals surface area contributed by atoms with E-state index in [1.54, 1.807) is 19.2 Å². The van der Waals surface area contributed by atoms with Gasteiger partial charge in [-0.3, -0.25) is 4.79 Å². The van der Waals surface area contributed by atoms with Gasteiger partial charge in [-0.05, 0) is 37.5 Å². The van der Waals surface area contributed by atoms with Gasteiger partial charge in [-0.1, -0.05) is 13.3 Å². The summed E-state index contributed by atoms with van der Waals surface area (Å²) in [4.78, 5) is 14.4. The minimum Gasteiger partial charge on any atom is -0.493 e. The monoisotopic (exact) mass is 306 g/mol. The predicted octanol–water partition coefficient (Wildman–Crippen LogP) is 2.44. The first-order chi connectivity index (χ1) is 10.7. The van der Waals surface area contributed by atoms with E-state index in [-0.39, 0.29) is 11.9 Å². The summed E-state index contributed by atoms with van der Waals surface area (Å²) in [5.74, 6) is 1.29. The molecule has 122 valence electrons. The van der Waals surface area contributed by atoms with Crippen molar-refractivity contribution in [2.75, 3.05) is 26.8 Å². The van der Waals surface area contributed by atoms with Crippen LogP contribution in [0.5, 0.6) is 11.5 Å². The molecule has 1 saturated heterocycles. The Labute approximate surface area is 132 Å². The molecule has 1 aromatic rings. The fraction of sp³-hybridized carbons (Fsp3) is 0.588. The van der Waals surface area contributed by atoms with Crippen LogP contribution >= 0.6 is 0 Å². The molecule has 0 spiro atoms. The molecule has 5 heteroatoms. The average molecular weight is 306 g/mol. The molecule has 1 fully saturated rings. The van der Waals surface area contributed by atoms with E-state index in [4.69, 9.17) is 15.2 Å². The van der Waals surface area contributed by atoms with Crippen LogP contribution in [0.1, 0.15) is 43.0 Å². The van der Waals surface area contributed by atoms with Crippen LogP contribution in [0.3, 0.4) is 0 Å². The van der Waals surface area contributed by atoms with Gasteiger partial charge in [-0.2, -0.15) is 0 Å². The number of hydrogen-bond acceptors (Lipinski definition) is 4. The largest absolute Gasteiger partial charge is 0.493 e. The van der Waals surface area contributed by atoms with Crippen molar-refractivity contribution in [3.05, 3.63) is 23.8 Å². The maximum atomic E-state index is 12.6. The Hall–Kier alpha value is -1.75. The third-order valence-electron chi connectivity index (χ3n) is 3.91. The lowest BCUT2D eigenvalue weighted by atomic mass is 10.1. The van der Waals surface area contributed by atoms with Crippen molar-refractivity contribution in [1.29, 1.82) is 0 Å². The van der Waals surface area contributed by atoms with Gasteiger partial charge in [-0.25, -0.2) is 0 Å². The lowest BCUT2D eigenvalue weighted by Crippen LogP contribution is -2.45. The molecule has 5 nitrogen and oxygen atoms in total. The average Bonchev–Trinajstić information content (AvgIpc) is 2.54. The molecule has 0 aliphatic carbocycles. The number of carbonyl (C=O) groups is 1. The lowest BCUT2D eigenvalue weighted by Gasteiger charge is -2.31. The number of hydrogen-bond donors (Lipinski definition) is 1. The van der Waals surface area contributed by atoms with Crippen molar-refractivity contribution in [3.8, 4) is 11.5 Å². The number of benzene rings is 1. The minimum atomic E-state index is 0.00792. The number of likely N-dealkylation sites (tertiary alicyclic amines) is 1. The first-order valence-electron chi connectivity index (χ1n) is 8.01. The first kappa shape index (κ1) is 16.6. The second kappa shape index (κ2) is 8.03. The summed E-state index contributed by atoms with van der Waals surface area (Å²) in [6.07, 6.45) is 4.02. The SMILES string of the molecule is CCCCOc1ccc(C(=O)N2CCCC(N)C2)cc1OC. The summed E-state index contributed by atoms with van der Waals surface area (Å²) >= 11 is 0. The van der Waals surface area contributed by atoms with Gasteiger partial charge in [0.25, 0.3) is 5.91 Å². The van der Waals surface area contributed by atoms with Gasteiger partial charge in [0.05, 0.1) is 13.7 Å². The zero-order chi connectivity index (χ0) is 15.9. The van der Waals surface area contributed by atoms with Crippen LogP contribution in [0, 0.1) is 0 Å². The Balaban J connectivity index is 2.09. The second-order valence-electron chi connectivity index (χ2n) is 5.72. The van der Waals surface area contributed by atoms with Gasteiger partial charge in [0.2, 0.25) is 0 Å².